The van der Waals surface area contributed by atoms with Gasteiger partial charge in [-0.2, -0.15) is 13.2 Å². The normalized spacial score (nSPS) is 15.6. The van der Waals surface area contributed by atoms with E-state index in [2.05, 4.69) is 10.2 Å². The van der Waals surface area contributed by atoms with Gasteiger partial charge in [0.15, 0.2) is 0 Å². The molecule has 8 heteroatoms. The number of alkyl halides is 3. The highest BCUT2D eigenvalue weighted by Gasteiger charge is 2.39. The zero-order chi connectivity index (χ0) is 15.7. The summed E-state index contributed by atoms with van der Waals surface area (Å²) in [5.74, 6) is 0.218. The number of rotatable bonds is 3. The van der Waals surface area contributed by atoms with Gasteiger partial charge in [0, 0.05) is 19.6 Å². The second-order valence-corrected chi connectivity index (χ2v) is 5.15. The minimum absolute atomic E-state index is 0.243. The number of fused-ring (bicyclic) bond motifs is 1. The molecule has 0 atom stereocenters. The summed E-state index contributed by atoms with van der Waals surface area (Å²) in [6, 6.07) is 7.62. The van der Waals surface area contributed by atoms with Gasteiger partial charge >= 0.3 is 6.18 Å². The minimum atomic E-state index is -4.45. The van der Waals surface area contributed by atoms with E-state index >= 15 is 0 Å². The average Bonchev–Trinajstić information content (AvgIpc) is 2.91. The predicted octanol–water partition coefficient (Wildman–Crippen LogP) is 2.32. The number of aromatic nitrogens is 3. The third-order valence-electron chi connectivity index (χ3n) is 3.65. The molecular formula is C14H15F3N4O. The van der Waals surface area contributed by atoms with Crippen molar-refractivity contribution in [3.05, 3.63) is 41.5 Å². The van der Waals surface area contributed by atoms with Crippen molar-refractivity contribution in [1.82, 2.24) is 19.7 Å². The van der Waals surface area contributed by atoms with Crippen molar-refractivity contribution in [3.8, 4) is 5.75 Å². The van der Waals surface area contributed by atoms with E-state index in [1.165, 1.54) is 0 Å². The summed E-state index contributed by atoms with van der Waals surface area (Å²) in [6.07, 6.45) is -4.45. The topological polar surface area (TPSA) is 43.2 Å². The van der Waals surface area contributed by atoms with Crippen LogP contribution in [0.25, 0.3) is 0 Å². The Hall–Kier alpha value is -2.09. The first-order valence-electron chi connectivity index (χ1n) is 6.82. The molecule has 0 unspecified atom stereocenters. The highest BCUT2D eigenvalue weighted by molar-refractivity contribution is 5.27. The van der Waals surface area contributed by atoms with Crippen LogP contribution < -0.4 is 4.74 Å². The molecule has 1 aromatic heterocycles. The lowest BCUT2D eigenvalue weighted by molar-refractivity contribution is -0.148. The highest BCUT2D eigenvalue weighted by atomic mass is 19.4. The molecule has 0 aliphatic carbocycles. The van der Waals surface area contributed by atoms with Crippen LogP contribution in [-0.4, -0.2) is 33.3 Å². The van der Waals surface area contributed by atoms with Crippen LogP contribution in [0.1, 0.15) is 17.2 Å². The van der Waals surface area contributed by atoms with E-state index in [9.17, 15) is 13.2 Å². The van der Waals surface area contributed by atoms with Gasteiger partial charge in [-0.15, -0.1) is 10.2 Å². The Morgan fingerprint density at radius 3 is 2.50 bits per heavy atom. The van der Waals surface area contributed by atoms with E-state index in [-0.39, 0.29) is 6.54 Å². The first kappa shape index (κ1) is 14.8. The van der Waals surface area contributed by atoms with E-state index in [4.69, 9.17) is 4.74 Å². The monoisotopic (exact) mass is 312 g/mol. The smallest absolute Gasteiger partial charge is 0.451 e. The molecular weight excluding hydrogens is 297 g/mol. The molecule has 1 aromatic carbocycles. The molecule has 118 valence electrons. The Morgan fingerprint density at radius 1 is 1.14 bits per heavy atom. The Bertz CT molecular complexity index is 651. The standard InChI is InChI=1S/C14H15F3N4O/c1-22-11-4-2-10(3-5-11)8-20-6-7-21-12(9-20)18-19-13(21)14(15,16)17/h2-5H,6-9H2,1H3. The fraction of sp³-hybridized carbons (Fsp3) is 0.429. The third-order valence-corrected chi connectivity index (χ3v) is 3.65. The lowest BCUT2D eigenvalue weighted by Crippen LogP contribution is -2.34. The number of ether oxygens (including phenoxy) is 1. The average molecular weight is 312 g/mol. The van der Waals surface area contributed by atoms with Gasteiger partial charge in [-0.3, -0.25) is 4.90 Å². The van der Waals surface area contributed by atoms with Crippen LogP contribution in [0, 0.1) is 0 Å². The van der Waals surface area contributed by atoms with Crippen molar-refractivity contribution < 1.29 is 17.9 Å². The number of benzene rings is 1. The van der Waals surface area contributed by atoms with Crippen molar-refractivity contribution in [2.24, 2.45) is 0 Å². The van der Waals surface area contributed by atoms with Crippen LogP contribution in [0.2, 0.25) is 0 Å². The molecule has 3 rings (SSSR count). The maximum absolute atomic E-state index is 12.8. The molecule has 5 nitrogen and oxygen atoms in total. The van der Waals surface area contributed by atoms with Crippen molar-refractivity contribution in [3.63, 3.8) is 0 Å². The zero-order valence-electron chi connectivity index (χ0n) is 12.0. The summed E-state index contributed by atoms with van der Waals surface area (Å²) in [4.78, 5) is 2.05. The molecule has 0 spiro atoms. The highest BCUT2D eigenvalue weighted by Crippen LogP contribution is 2.29. The van der Waals surface area contributed by atoms with E-state index < -0.39 is 12.0 Å². The molecule has 0 bridgehead atoms. The number of methoxy groups -OCH3 is 1. The maximum Gasteiger partial charge on any atom is 0.451 e. The Morgan fingerprint density at radius 2 is 1.86 bits per heavy atom. The van der Waals surface area contributed by atoms with Gasteiger partial charge in [-0.1, -0.05) is 12.1 Å². The summed E-state index contributed by atoms with van der Waals surface area (Å²) in [5, 5.41) is 6.95. The number of nitrogens with zero attached hydrogens (tertiary/aromatic N) is 4. The Balaban J connectivity index is 1.70. The van der Waals surface area contributed by atoms with E-state index in [0.717, 1.165) is 15.9 Å². The number of hydrogen-bond acceptors (Lipinski definition) is 4. The fourth-order valence-electron chi connectivity index (χ4n) is 2.54. The largest absolute Gasteiger partial charge is 0.497 e. The van der Waals surface area contributed by atoms with Crippen molar-refractivity contribution in [2.75, 3.05) is 13.7 Å². The summed E-state index contributed by atoms with van der Waals surface area (Å²) >= 11 is 0. The molecule has 0 saturated heterocycles. The molecule has 2 heterocycles. The SMILES string of the molecule is COc1ccc(CN2CCn3c(nnc3C(F)(F)F)C2)cc1. The van der Waals surface area contributed by atoms with Gasteiger partial charge in [0.1, 0.15) is 11.6 Å². The fourth-order valence-corrected chi connectivity index (χ4v) is 2.54. The summed E-state index contributed by atoms with van der Waals surface area (Å²) in [6.45, 7) is 1.78. The van der Waals surface area contributed by atoms with Crippen LogP contribution >= 0.6 is 0 Å². The van der Waals surface area contributed by atoms with Gasteiger partial charge in [-0.05, 0) is 17.7 Å². The maximum atomic E-state index is 12.8. The molecule has 0 saturated carbocycles. The first-order chi connectivity index (χ1) is 10.5. The molecule has 22 heavy (non-hydrogen) atoms. The van der Waals surface area contributed by atoms with Gasteiger partial charge in [-0.25, -0.2) is 0 Å². The van der Waals surface area contributed by atoms with Gasteiger partial charge < -0.3 is 9.30 Å². The van der Waals surface area contributed by atoms with Gasteiger partial charge in [0.2, 0.25) is 5.82 Å². The molecule has 1 aliphatic rings. The van der Waals surface area contributed by atoms with Gasteiger partial charge in [0.05, 0.1) is 13.7 Å². The minimum Gasteiger partial charge on any atom is -0.497 e. The zero-order valence-corrected chi connectivity index (χ0v) is 12.0. The van der Waals surface area contributed by atoms with E-state index in [0.29, 0.717) is 25.5 Å². The van der Waals surface area contributed by atoms with Crippen LogP contribution in [0.3, 0.4) is 0 Å². The van der Waals surface area contributed by atoms with E-state index in [1.54, 1.807) is 7.11 Å². The van der Waals surface area contributed by atoms with Gasteiger partial charge in [0.25, 0.3) is 0 Å². The first-order valence-corrected chi connectivity index (χ1v) is 6.82. The summed E-state index contributed by atoms with van der Waals surface area (Å²) in [5.41, 5.74) is 1.07. The molecule has 0 radical (unpaired) electrons. The lowest BCUT2D eigenvalue weighted by atomic mass is 10.2. The molecule has 0 fully saturated rings. The van der Waals surface area contributed by atoms with Crippen LogP contribution in [0.15, 0.2) is 24.3 Å². The predicted molar refractivity (Wildman–Crippen MR) is 72.1 cm³/mol. The van der Waals surface area contributed by atoms with Crippen molar-refractivity contribution in [2.45, 2.75) is 25.8 Å². The molecule has 0 N–H and O–H groups in total. The number of hydrogen-bond donors (Lipinski definition) is 0. The van der Waals surface area contributed by atoms with Crippen molar-refractivity contribution in [1.29, 1.82) is 0 Å². The second-order valence-electron chi connectivity index (χ2n) is 5.15. The van der Waals surface area contributed by atoms with Crippen molar-refractivity contribution >= 4 is 0 Å². The van der Waals surface area contributed by atoms with Crippen LogP contribution in [0.4, 0.5) is 13.2 Å². The summed E-state index contributed by atoms with van der Waals surface area (Å²) < 4.78 is 44.6. The second kappa shape index (κ2) is 5.60. The Labute approximate surface area is 125 Å². The molecule has 2 aromatic rings. The molecule has 0 amide bonds. The van der Waals surface area contributed by atoms with E-state index in [1.807, 2.05) is 29.2 Å². The third kappa shape index (κ3) is 2.92. The lowest BCUT2D eigenvalue weighted by Gasteiger charge is -2.27. The Kier molecular flexibility index (Phi) is 3.78. The molecule has 1 aliphatic heterocycles. The quantitative estimate of drug-likeness (QED) is 0.872. The number of halogens is 3. The summed E-state index contributed by atoms with van der Waals surface area (Å²) in [7, 11) is 1.60. The van der Waals surface area contributed by atoms with Crippen LogP contribution in [0.5, 0.6) is 5.75 Å². The van der Waals surface area contributed by atoms with Crippen LogP contribution in [-0.2, 0) is 25.8 Å².